The number of carbonyl (C=O) groups is 2. The Morgan fingerprint density at radius 3 is 2.45 bits per heavy atom. The summed E-state index contributed by atoms with van der Waals surface area (Å²) in [5.74, 6) is -0.362. The zero-order chi connectivity index (χ0) is 15.0. The maximum atomic E-state index is 11.6. The molecule has 3 N–H and O–H groups in total. The lowest BCUT2D eigenvalue weighted by atomic mass is 10.2. The van der Waals surface area contributed by atoms with Gasteiger partial charge in [0.2, 0.25) is 11.8 Å². The van der Waals surface area contributed by atoms with Crippen LogP contribution in [0.3, 0.4) is 0 Å². The number of benzene rings is 1. The van der Waals surface area contributed by atoms with E-state index >= 15 is 0 Å². The zero-order valence-corrected chi connectivity index (χ0v) is 11.7. The molecule has 108 valence electrons. The minimum atomic E-state index is -0.239. The molecule has 0 radical (unpaired) electrons. The third-order valence-electron chi connectivity index (χ3n) is 2.72. The topological polar surface area (TPSA) is 78.4 Å². The molecular formula is C15H20N2O3. The van der Waals surface area contributed by atoms with Crippen molar-refractivity contribution in [1.82, 2.24) is 5.32 Å². The smallest absolute Gasteiger partial charge is 0.244 e. The minimum Gasteiger partial charge on any atom is -0.394 e. The Morgan fingerprint density at radius 2 is 1.95 bits per heavy atom. The van der Waals surface area contributed by atoms with Crippen molar-refractivity contribution in [3.63, 3.8) is 0 Å². The second-order valence-electron chi connectivity index (χ2n) is 4.43. The first-order valence-corrected chi connectivity index (χ1v) is 6.52. The molecule has 0 bridgehead atoms. The Morgan fingerprint density at radius 1 is 1.30 bits per heavy atom. The number of amides is 2. The Kier molecular flexibility index (Phi) is 6.46. The molecule has 1 rings (SSSR count). The van der Waals surface area contributed by atoms with Gasteiger partial charge in [0.1, 0.15) is 0 Å². The summed E-state index contributed by atoms with van der Waals surface area (Å²) in [7, 11) is 0. The summed E-state index contributed by atoms with van der Waals surface area (Å²) < 4.78 is 0. The summed E-state index contributed by atoms with van der Waals surface area (Å²) in [6.07, 6.45) is 3.78. The Bertz CT molecular complexity index is 476. The van der Waals surface area contributed by atoms with Crippen molar-refractivity contribution in [2.45, 2.75) is 26.3 Å². The monoisotopic (exact) mass is 276 g/mol. The average Bonchev–Trinajstić information content (AvgIpc) is 2.43. The Labute approximate surface area is 118 Å². The van der Waals surface area contributed by atoms with Crippen LogP contribution in [0, 0.1) is 0 Å². The SMILES string of the molecule is CCC(CO)NC(=O)/C=C/c1ccc(NC(C)=O)cc1. The van der Waals surface area contributed by atoms with Crippen molar-refractivity contribution >= 4 is 23.6 Å². The quantitative estimate of drug-likeness (QED) is 0.690. The van der Waals surface area contributed by atoms with Gasteiger partial charge in [-0.2, -0.15) is 0 Å². The van der Waals surface area contributed by atoms with Crippen LogP contribution in [0.25, 0.3) is 6.08 Å². The second-order valence-corrected chi connectivity index (χ2v) is 4.43. The van der Waals surface area contributed by atoms with Crippen molar-refractivity contribution in [3.05, 3.63) is 35.9 Å². The van der Waals surface area contributed by atoms with Crippen LogP contribution >= 0.6 is 0 Å². The molecule has 1 aromatic rings. The highest BCUT2D eigenvalue weighted by molar-refractivity contribution is 5.92. The summed E-state index contributed by atoms with van der Waals surface area (Å²) >= 11 is 0. The number of aliphatic hydroxyl groups excluding tert-OH is 1. The summed E-state index contributed by atoms with van der Waals surface area (Å²) in [5, 5.41) is 14.3. The highest BCUT2D eigenvalue weighted by atomic mass is 16.3. The first kappa shape index (κ1) is 15.9. The molecule has 1 atom stereocenters. The van der Waals surface area contributed by atoms with Crippen molar-refractivity contribution in [2.24, 2.45) is 0 Å². The predicted octanol–water partition coefficient (Wildman–Crippen LogP) is 1.55. The fourth-order valence-electron chi connectivity index (χ4n) is 1.58. The van der Waals surface area contributed by atoms with E-state index in [0.717, 1.165) is 5.56 Å². The van der Waals surface area contributed by atoms with E-state index in [1.54, 1.807) is 30.3 Å². The first-order valence-electron chi connectivity index (χ1n) is 6.52. The van der Waals surface area contributed by atoms with Crippen LogP contribution in [0.4, 0.5) is 5.69 Å². The Hall–Kier alpha value is -2.14. The summed E-state index contributed by atoms with van der Waals surface area (Å²) in [6.45, 7) is 3.27. The highest BCUT2D eigenvalue weighted by Gasteiger charge is 2.05. The van der Waals surface area contributed by atoms with Gasteiger partial charge in [-0.3, -0.25) is 9.59 Å². The predicted molar refractivity (Wildman–Crippen MR) is 79.1 cm³/mol. The lowest BCUT2D eigenvalue weighted by Crippen LogP contribution is -2.35. The van der Waals surface area contributed by atoms with E-state index in [1.165, 1.54) is 13.0 Å². The molecule has 2 amide bonds. The normalized spacial score (nSPS) is 12.2. The van der Waals surface area contributed by atoms with Gasteiger partial charge < -0.3 is 15.7 Å². The third kappa shape index (κ3) is 5.67. The molecule has 5 nitrogen and oxygen atoms in total. The maximum Gasteiger partial charge on any atom is 0.244 e. The first-order chi connectivity index (χ1) is 9.55. The standard InChI is InChI=1S/C15H20N2O3/c1-3-13(10-18)17-15(20)9-6-12-4-7-14(8-5-12)16-11(2)19/h4-9,13,18H,3,10H2,1-2H3,(H,16,19)(H,17,20)/b9-6+. The second kappa shape index (κ2) is 8.12. The number of hydrogen-bond donors (Lipinski definition) is 3. The molecule has 0 fully saturated rings. The third-order valence-corrected chi connectivity index (χ3v) is 2.72. The number of carbonyl (C=O) groups excluding carboxylic acids is 2. The van der Waals surface area contributed by atoms with E-state index in [0.29, 0.717) is 12.1 Å². The van der Waals surface area contributed by atoms with Crippen molar-refractivity contribution in [3.8, 4) is 0 Å². The molecule has 0 saturated heterocycles. The molecule has 0 spiro atoms. The van der Waals surface area contributed by atoms with Gasteiger partial charge in [0, 0.05) is 18.7 Å². The van der Waals surface area contributed by atoms with E-state index in [4.69, 9.17) is 5.11 Å². The molecule has 0 aromatic heterocycles. The van der Waals surface area contributed by atoms with Crippen LogP contribution in [0.2, 0.25) is 0 Å². The van der Waals surface area contributed by atoms with Gasteiger partial charge >= 0.3 is 0 Å². The van der Waals surface area contributed by atoms with Crippen LogP contribution in [0.5, 0.6) is 0 Å². The van der Waals surface area contributed by atoms with E-state index in [-0.39, 0.29) is 24.5 Å². The molecule has 1 unspecified atom stereocenters. The largest absolute Gasteiger partial charge is 0.394 e. The molecule has 5 heteroatoms. The number of aliphatic hydroxyl groups is 1. The van der Waals surface area contributed by atoms with Gasteiger partial charge in [-0.1, -0.05) is 19.1 Å². The molecule has 20 heavy (non-hydrogen) atoms. The van der Waals surface area contributed by atoms with E-state index < -0.39 is 0 Å². The van der Waals surface area contributed by atoms with E-state index in [9.17, 15) is 9.59 Å². The van der Waals surface area contributed by atoms with Gasteiger partial charge in [-0.25, -0.2) is 0 Å². The number of nitrogens with one attached hydrogen (secondary N) is 2. The average molecular weight is 276 g/mol. The number of rotatable bonds is 6. The molecular weight excluding hydrogens is 256 g/mol. The maximum absolute atomic E-state index is 11.6. The molecule has 0 heterocycles. The Balaban J connectivity index is 2.57. The molecule has 0 aliphatic carbocycles. The summed E-state index contributed by atoms with van der Waals surface area (Å²) in [6, 6.07) is 6.93. The van der Waals surface area contributed by atoms with Gasteiger partial charge in [0.25, 0.3) is 0 Å². The van der Waals surface area contributed by atoms with Crippen molar-refractivity contribution in [2.75, 3.05) is 11.9 Å². The van der Waals surface area contributed by atoms with Crippen LogP contribution in [-0.2, 0) is 9.59 Å². The highest BCUT2D eigenvalue weighted by Crippen LogP contribution is 2.10. The molecule has 0 aliphatic rings. The number of anilines is 1. The van der Waals surface area contributed by atoms with Crippen molar-refractivity contribution in [1.29, 1.82) is 0 Å². The van der Waals surface area contributed by atoms with Crippen molar-refractivity contribution < 1.29 is 14.7 Å². The summed E-state index contributed by atoms with van der Waals surface area (Å²) in [4.78, 5) is 22.5. The summed E-state index contributed by atoms with van der Waals surface area (Å²) in [5.41, 5.74) is 1.57. The van der Waals surface area contributed by atoms with Crippen LogP contribution < -0.4 is 10.6 Å². The lowest BCUT2D eigenvalue weighted by Gasteiger charge is -2.11. The van der Waals surface area contributed by atoms with Gasteiger partial charge in [0.15, 0.2) is 0 Å². The van der Waals surface area contributed by atoms with Gasteiger partial charge in [-0.05, 0) is 30.2 Å². The molecule has 0 saturated carbocycles. The van der Waals surface area contributed by atoms with E-state index in [2.05, 4.69) is 10.6 Å². The van der Waals surface area contributed by atoms with Crippen LogP contribution in [0.1, 0.15) is 25.8 Å². The fraction of sp³-hybridized carbons (Fsp3) is 0.333. The van der Waals surface area contributed by atoms with Crippen LogP contribution in [0.15, 0.2) is 30.3 Å². The van der Waals surface area contributed by atoms with Gasteiger partial charge in [-0.15, -0.1) is 0 Å². The van der Waals surface area contributed by atoms with Gasteiger partial charge in [0.05, 0.1) is 12.6 Å². The van der Waals surface area contributed by atoms with Crippen LogP contribution in [-0.4, -0.2) is 29.6 Å². The molecule has 1 aromatic carbocycles. The molecule has 0 aliphatic heterocycles. The minimum absolute atomic E-state index is 0.0680. The zero-order valence-electron chi connectivity index (χ0n) is 11.7. The van der Waals surface area contributed by atoms with E-state index in [1.807, 2.05) is 6.92 Å². The lowest BCUT2D eigenvalue weighted by molar-refractivity contribution is -0.117. The fourth-order valence-corrected chi connectivity index (χ4v) is 1.58. The number of hydrogen-bond acceptors (Lipinski definition) is 3.